The molecule has 0 saturated carbocycles. The van der Waals surface area contributed by atoms with Gasteiger partial charge in [0.25, 0.3) is 0 Å². The van der Waals surface area contributed by atoms with Gasteiger partial charge in [0.15, 0.2) is 11.6 Å². The van der Waals surface area contributed by atoms with Gasteiger partial charge in [-0.25, -0.2) is 0 Å². The van der Waals surface area contributed by atoms with E-state index in [0.29, 0.717) is 42.3 Å². The van der Waals surface area contributed by atoms with Crippen LogP contribution in [-0.4, -0.2) is 39.9 Å². The predicted molar refractivity (Wildman–Crippen MR) is 155 cm³/mol. The number of phenolic OH excluding ortho intramolecular Hbond substituents is 1. The standard InChI is InChI=1S/C33H32BNO5/c1-2-20-18-25-31(33(38)24-11-5-4-10-23(24)32(25)37)26-19-34(39)40-29(30(20)26)15-14-21(27-12-7-8-16-35-27)17-22-9-3-6-13-28(22)36/h3-13,16-17,25-26,29,31,36,39H,2,14-15,18-19H2,1H3/b21-17-/t25-,26+,29-,31-/m1/s1. The van der Waals surface area contributed by atoms with Crippen LogP contribution in [0.1, 0.15) is 64.6 Å². The van der Waals surface area contributed by atoms with Gasteiger partial charge in [0, 0.05) is 34.7 Å². The zero-order valence-corrected chi connectivity index (χ0v) is 22.5. The lowest BCUT2D eigenvalue weighted by Gasteiger charge is -2.47. The molecule has 202 valence electrons. The summed E-state index contributed by atoms with van der Waals surface area (Å²) >= 11 is 0. The number of hydrogen-bond acceptors (Lipinski definition) is 6. The first-order valence-electron chi connectivity index (χ1n) is 14.1. The van der Waals surface area contributed by atoms with E-state index in [1.807, 2.05) is 42.5 Å². The minimum Gasteiger partial charge on any atom is -0.507 e. The van der Waals surface area contributed by atoms with Crippen molar-refractivity contribution in [2.45, 2.75) is 45.0 Å². The number of phenols is 1. The predicted octanol–water partition coefficient (Wildman–Crippen LogP) is 6.03. The molecule has 6 nitrogen and oxygen atoms in total. The topological polar surface area (TPSA) is 96.7 Å². The quantitative estimate of drug-likeness (QED) is 0.297. The van der Waals surface area contributed by atoms with E-state index in [-0.39, 0.29) is 29.3 Å². The van der Waals surface area contributed by atoms with Crippen LogP contribution in [0.15, 0.2) is 84.1 Å². The molecule has 2 aromatic carbocycles. The number of ketones is 2. The van der Waals surface area contributed by atoms with E-state index in [9.17, 15) is 19.7 Å². The highest BCUT2D eigenvalue weighted by Gasteiger charge is 2.53. The van der Waals surface area contributed by atoms with Crippen molar-refractivity contribution in [2.24, 2.45) is 17.8 Å². The summed E-state index contributed by atoms with van der Waals surface area (Å²) in [6.45, 7) is 2.09. The molecule has 2 N–H and O–H groups in total. The van der Waals surface area contributed by atoms with Gasteiger partial charge in [-0.2, -0.15) is 0 Å². The van der Waals surface area contributed by atoms with Gasteiger partial charge >= 0.3 is 7.12 Å². The molecule has 2 heterocycles. The number of carbonyl (C=O) groups excluding carboxylic acids is 2. The zero-order valence-electron chi connectivity index (χ0n) is 22.5. The Labute approximate surface area is 234 Å². The van der Waals surface area contributed by atoms with E-state index in [1.165, 1.54) is 0 Å². The Morgan fingerprint density at radius 1 is 1.00 bits per heavy atom. The second-order valence-electron chi connectivity index (χ2n) is 10.9. The third-order valence-electron chi connectivity index (χ3n) is 8.73. The highest BCUT2D eigenvalue weighted by atomic mass is 16.5. The average molecular weight is 533 g/mol. The average Bonchev–Trinajstić information content (AvgIpc) is 2.98. The lowest BCUT2D eigenvalue weighted by atomic mass is 9.54. The van der Waals surface area contributed by atoms with Crippen LogP contribution in [0.4, 0.5) is 0 Å². The molecule has 3 aliphatic rings. The summed E-state index contributed by atoms with van der Waals surface area (Å²) in [4.78, 5) is 31.9. The third-order valence-corrected chi connectivity index (χ3v) is 8.73. The van der Waals surface area contributed by atoms with Crippen LogP contribution < -0.4 is 0 Å². The molecule has 40 heavy (non-hydrogen) atoms. The van der Waals surface area contributed by atoms with Crippen LogP contribution in [0.3, 0.4) is 0 Å². The molecule has 4 atom stereocenters. The highest BCUT2D eigenvalue weighted by Crippen LogP contribution is 2.51. The van der Waals surface area contributed by atoms with E-state index >= 15 is 0 Å². The number of pyridine rings is 1. The van der Waals surface area contributed by atoms with E-state index < -0.39 is 19.0 Å². The number of carbonyl (C=O) groups is 2. The smallest absolute Gasteiger partial charge is 0.455 e. The molecule has 1 aromatic heterocycles. The number of aromatic nitrogens is 1. The Morgan fingerprint density at radius 3 is 2.45 bits per heavy atom. The van der Waals surface area contributed by atoms with E-state index in [1.54, 1.807) is 36.5 Å². The van der Waals surface area contributed by atoms with E-state index in [0.717, 1.165) is 28.8 Å². The molecule has 1 aliphatic heterocycles. The largest absolute Gasteiger partial charge is 0.507 e. The van der Waals surface area contributed by atoms with Crippen molar-refractivity contribution in [1.82, 2.24) is 4.98 Å². The van der Waals surface area contributed by atoms with Crippen LogP contribution >= 0.6 is 0 Å². The fourth-order valence-electron chi connectivity index (χ4n) is 6.92. The highest BCUT2D eigenvalue weighted by molar-refractivity contribution is 6.43. The summed E-state index contributed by atoms with van der Waals surface area (Å²) < 4.78 is 6.16. The van der Waals surface area contributed by atoms with Crippen molar-refractivity contribution >= 4 is 30.3 Å². The molecule has 2 aliphatic carbocycles. The molecule has 0 spiro atoms. The molecule has 0 radical (unpaired) electrons. The minimum absolute atomic E-state index is 0.000624. The van der Waals surface area contributed by atoms with Crippen LogP contribution in [0.2, 0.25) is 6.32 Å². The number of rotatable bonds is 6. The van der Waals surface area contributed by atoms with Crippen molar-refractivity contribution in [2.75, 3.05) is 0 Å². The normalized spacial score (nSPS) is 24.4. The van der Waals surface area contributed by atoms with Crippen LogP contribution in [0.25, 0.3) is 11.6 Å². The fourth-order valence-corrected chi connectivity index (χ4v) is 6.92. The number of benzene rings is 2. The molecule has 0 amide bonds. The number of allylic oxidation sites excluding steroid dienone is 2. The van der Waals surface area contributed by atoms with Crippen LogP contribution in [0.5, 0.6) is 5.75 Å². The second-order valence-corrected chi connectivity index (χ2v) is 10.9. The maximum absolute atomic E-state index is 13.8. The lowest BCUT2D eigenvalue weighted by Crippen LogP contribution is -2.50. The molecular weight excluding hydrogens is 501 g/mol. The molecule has 0 bridgehead atoms. The van der Waals surface area contributed by atoms with Gasteiger partial charge in [-0.05, 0) is 73.3 Å². The molecular formula is C33H32BNO5. The molecule has 7 heteroatoms. The maximum Gasteiger partial charge on any atom is 0.455 e. The summed E-state index contributed by atoms with van der Waals surface area (Å²) in [5.74, 6) is -0.906. The second kappa shape index (κ2) is 11.0. The van der Waals surface area contributed by atoms with E-state index in [4.69, 9.17) is 4.65 Å². The van der Waals surface area contributed by atoms with Crippen LogP contribution in [0, 0.1) is 17.8 Å². The number of aromatic hydroxyl groups is 1. The van der Waals surface area contributed by atoms with Crippen molar-refractivity contribution in [3.8, 4) is 5.75 Å². The lowest BCUT2D eigenvalue weighted by molar-refractivity contribution is 0.0600. The summed E-state index contributed by atoms with van der Waals surface area (Å²) in [5.41, 5.74) is 5.69. The Kier molecular flexibility index (Phi) is 7.26. The fraction of sp³-hybridized carbons (Fsp3) is 0.303. The van der Waals surface area contributed by atoms with Crippen molar-refractivity contribution in [3.05, 3.63) is 106 Å². The summed E-state index contributed by atoms with van der Waals surface area (Å²) in [7, 11) is -1.02. The maximum atomic E-state index is 13.8. The van der Waals surface area contributed by atoms with Gasteiger partial charge in [0.1, 0.15) is 5.75 Å². The Bertz CT molecular complexity index is 1510. The number of fused-ring (bicyclic) bond motifs is 4. The number of hydrogen-bond donors (Lipinski definition) is 2. The first-order valence-corrected chi connectivity index (χ1v) is 14.1. The van der Waals surface area contributed by atoms with Gasteiger partial charge < -0.3 is 14.8 Å². The molecule has 0 unspecified atom stereocenters. The van der Waals surface area contributed by atoms with Crippen LogP contribution in [-0.2, 0) is 4.65 Å². The minimum atomic E-state index is -1.02. The Balaban J connectivity index is 1.35. The van der Waals surface area contributed by atoms with E-state index in [2.05, 4.69) is 11.9 Å². The number of Topliss-reactive ketones (excluding diaryl/α,β-unsaturated/α-hetero) is 2. The van der Waals surface area contributed by atoms with Gasteiger partial charge in [0.2, 0.25) is 0 Å². The van der Waals surface area contributed by atoms with Gasteiger partial charge in [-0.3, -0.25) is 14.6 Å². The van der Waals surface area contributed by atoms with Crippen molar-refractivity contribution in [1.29, 1.82) is 0 Å². The molecule has 3 aromatic rings. The van der Waals surface area contributed by atoms with Crippen molar-refractivity contribution < 1.29 is 24.4 Å². The SMILES string of the molecule is CCC1=C2[C@@H](CC/C(=C/c3ccccc3O)c3ccccn3)OB(O)C[C@@H]2[C@@H]2C(=O)c3ccccc3C(=O)[C@@H]2C1. The van der Waals surface area contributed by atoms with Crippen molar-refractivity contribution in [3.63, 3.8) is 0 Å². The molecule has 6 rings (SSSR count). The first kappa shape index (κ1) is 26.4. The third kappa shape index (κ3) is 4.74. The monoisotopic (exact) mass is 533 g/mol. The molecule has 1 fully saturated rings. The first-order chi connectivity index (χ1) is 19.5. The summed E-state index contributed by atoms with van der Waals surface area (Å²) in [5, 5.41) is 21.3. The number of nitrogens with zero attached hydrogens (tertiary/aromatic N) is 1. The van der Waals surface area contributed by atoms with Gasteiger partial charge in [-0.1, -0.05) is 61.0 Å². The summed E-state index contributed by atoms with van der Waals surface area (Å²) in [6.07, 6.45) is 6.06. The number of para-hydroxylation sites is 1. The summed E-state index contributed by atoms with van der Waals surface area (Å²) in [6, 6.07) is 20.0. The Morgan fingerprint density at radius 2 is 1.73 bits per heavy atom. The Hall–Kier alpha value is -3.81. The van der Waals surface area contributed by atoms with Gasteiger partial charge in [0.05, 0.1) is 11.8 Å². The van der Waals surface area contributed by atoms with Gasteiger partial charge in [-0.15, -0.1) is 0 Å². The molecule has 1 saturated heterocycles. The zero-order chi connectivity index (χ0) is 27.8.